The second-order valence-corrected chi connectivity index (χ2v) is 5.75. The lowest BCUT2D eigenvalue weighted by molar-refractivity contribution is -0.153. The van der Waals surface area contributed by atoms with Crippen LogP contribution in [-0.4, -0.2) is 35.0 Å². The SMILES string of the molecule is CCC(CN(CC)C(=O)C1(C(=O)O)CC1)c1ccccc1. The van der Waals surface area contributed by atoms with Crippen molar-refractivity contribution < 1.29 is 14.7 Å². The molecule has 114 valence electrons. The normalized spacial score (nSPS) is 17.0. The van der Waals surface area contributed by atoms with E-state index in [1.54, 1.807) is 4.90 Å². The standard InChI is InChI=1S/C17H23NO3/c1-3-13(14-8-6-5-7-9-14)12-18(4-2)15(19)17(10-11-17)16(20)21/h5-9,13H,3-4,10-12H2,1-2H3,(H,20,21). The van der Waals surface area contributed by atoms with Gasteiger partial charge in [-0.05, 0) is 31.7 Å². The third kappa shape index (κ3) is 3.09. The van der Waals surface area contributed by atoms with E-state index in [-0.39, 0.29) is 11.8 Å². The Morgan fingerprint density at radius 2 is 1.86 bits per heavy atom. The number of aliphatic carboxylic acids is 1. The zero-order valence-corrected chi connectivity index (χ0v) is 12.7. The van der Waals surface area contributed by atoms with E-state index >= 15 is 0 Å². The minimum atomic E-state index is -1.13. The van der Waals surface area contributed by atoms with Gasteiger partial charge in [0.25, 0.3) is 0 Å². The Bertz CT molecular complexity index is 508. The lowest BCUT2D eigenvalue weighted by atomic mass is 9.95. The zero-order chi connectivity index (χ0) is 15.5. The van der Waals surface area contributed by atoms with Crippen molar-refractivity contribution in [2.24, 2.45) is 5.41 Å². The van der Waals surface area contributed by atoms with E-state index < -0.39 is 11.4 Å². The minimum absolute atomic E-state index is 0.216. The van der Waals surface area contributed by atoms with Crippen LogP contribution in [0.1, 0.15) is 44.6 Å². The first-order valence-electron chi connectivity index (χ1n) is 7.63. The maximum atomic E-state index is 12.5. The molecule has 1 saturated carbocycles. The highest BCUT2D eigenvalue weighted by molar-refractivity contribution is 6.04. The van der Waals surface area contributed by atoms with Crippen LogP contribution >= 0.6 is 0 Å². The molecular formula is C17H23NO3. The molecule has 0 aliphatic heterocycles. The summed E-state index contributed by atoms with van der Waals surface area (Å²) in [6, 6.07) is 10.1. The Kier molecular flexibility index (Phi) is 4.66. The molecule has 0 aromatic heterocycles. The Morgan fingerprint density at radius 3 is 2.29 bits per heavy atom. The highest BCUT2D eigenvalue weighted by atomic mass is 16.4. The lowest BCUT2D eigenvalue weighted by Crippen LogP contribution is -2.42. The maximum Gasteiger partial charge on any atom is 0.319 e. The van der Waals surface area contributed by atoms with E-state index in [0.29, 0.717) is 25.9 Å². The smallest absolute Gasteiger partial charge is 0.319 e. The predicted molar refractivity (Wildman–Crippen MR) is 81.0 cm³/mol. The van der Waals surface area contributed by atoms with Crippen LogP contribution in [0.25, 0.3) is 0 Å². The summed E-state index contributed by atoms with van der Waals surface area (Å²) in [4.78, 5) is 25.6. The molecule has 1 N–H and O–H groups in total. The van der Waals surface area contributed by atoms with Crippen molar-refractivity contribution in [2.75, 3.05) is 13.1 Å². The van der Waals surface area contributed by atoms with Crippen molar-refractivity contribution in [1.82, 2.24) is 4.90 Å². The molecule has 21 heavy (non-hydrogen) atoms. The van der Waals surface area contributed by atoms with Crippen LogP contribution in [0.15, 0.2) is 30.3 Å². The first-order valence-corrected chi connectivity index (χ1v) is 7.63. The van der Waals surface area contributed by atoms with Crippen LogP contribution in [0.4, 0.5) is 0 Å². The Hall–Kier alpha value is -1.84. The Labute approximate surface area is 125 Å². The van der Waals surface area contributed by atoms with Gasteiger partial charge in [-0.1, -0.05) is 37.3 Å². The van der Waals surface area contributed by atoms with Crippen molar-refractivity contribution in [3.05, 3.63) is 35.9 Å². The molecule has 4 heteroatoms. The molecule has 1 unspecified atom stereocenters. The molecule has 0 saturated heterocycles. The molecule has 0 heterocycles. The van der Waals surface area contributed by atoms with Crippen LogP contribution in [0.5, 0.6) is 0 Å². The number of carboxylic acids is 1. The van der Waals surface area contributed by atoms with Crippen molar-refractivity contribution in [2.45, 2.75) is 39.0 Å². The summed E-state index contributed by atoms with van der Waals surface area (Å²) in [5.74, 6) is -0.940. The van der Waals surface area contributed by atoms with Gasteiger partial charge in [0.15, 0.2) is 0 Å². The molecule has 0 spiro atoms. The molecule has 1 fully saturated rings. The summed E-state index contributed by atoms with van der Waals surface area (Å²) in [7, 11) is 0. The average molecular weight is 289 g/mol. The van der Waals surface area contributed by atoms with Crippen LogP contribution in [0.3, 0.4) is 0 Å². The second-order valence-electron chi connectivity index (χ2n) is 5.75. The first-order chi connectivity index (χ1) is 10.0. The summed E-state index contributed by atoms with van der Waals surface area (Å²) in [6.45, 7) is 5.15. The number of hydrogen-bond donors (Lipinski definition) is 1. The van der Waals surface area contributed by atoms with Gasteiger partial charge in [-0.25, -0.2) is 0 Å². The lowest BCUT2D eigenvalue weighted by Gasteiger charge is -2.28. The fourth-order valence-electron chi connectivity index (χ4n) is 2.76. The van der Waals surface area contributed by atoms with Gasteiger partial charge in [-0.15, -0.1) is 0 Å². The van der Waals surface area contributed by atoms with Gasteiger partial charge in [0, 0.05) is 19.0 Å². The van der Waals surface area contributed by atoms with Gasteiger partial charge in [-0.2, -0.15) is 0 Å². The van der Waals surface area contributed by atoms with Crippen molar-refractivity contribution in [3.8, 4) is 0 Å². The molecule has 1 aromatic carbocycles. The summed E-state index contributed by atoms with van der Waals surface area (Å²) < 4.78 is 0. The van der Waals surface area contributed by atoms with E-state index in [9.17, 15) is 14.7 Å². The van der Waals surface area contributed by atoms with Gasteiger partial charge in [0.1, 0.15) is 5.41 Å². The number of carbonyl (C=O) groups is 2. The van der Waals surface area contributed by atoms with Crippen molar-refractivity contribution in [1.29, 1.82) is 0 Å². The quantitative estimate of drug-likeness (QED) is 0.785. The number of benzene rings is 1. The number of nitrogens with zero attached hydrogens (tertiary/aromatic N) is 1. The third-order valence-electron chi connectivity index (χ3n) is 4.44. The third-order valence-corrected chi connectivity index (χ3v) is 4.44. The highest BCUT2D eigenvalue weighted by Gasteiger charge is 2.58. The molecule has 1 amide bonds. The average Bonchev–Trinajstić information content (AvgIpc) is 3.30. The fourth-order valence-corrected chi connectivity index (χ4v) is 2.76. The Balaban J connectivity index is 2.11. The van der Waals surface area contributed by atoms with Gasteiger partial charge in [-0.3, -0.25) is 9.59 Å². The van der Waals surface area contributed by atoms with Crippen LogP contribution in [0.2, 0.25) is 0 Å². The largest absolute Gasteiger partial charge is 0.480 e. The summed E-state index contributed by atoms with van der Waals surface area (Å²) in [5, 5.41) is 9.28. The number of rotatable bonds is 7. The van der Waals surface area contributed by atoms with E-state index in [0.717, 1.165) is 6.42 Å². The molecule has 1 atom stereocenters. The summed E-state index contributed by atoms with van der Waals surface area (Å²) in [6.07, 6.45) is 1.87. The monoisotopic (exact) mass is 289 g/mol. The highest BCUT2D eigenvalue weighted by Crippen LogP contribution is 2.47. The van der Waals surface area contributed by atoms with E-state index in [1.165, 1.54) is 5.56 Å². The van der Waals surface area contributed by atoms with E-state index in [1.807, 2.05) is 25.1 Å². The molecule has 0 radical (unpaired) electrons. The number of likely N-dealkylation sites (N-methyl/N-ethyl adjacent to an activating group) is 1. The van der Waals surface area contributed by atoms with Crippen LogP contribution < -0.4 is 0 Å². The van der Waals surface area contributed by atoms with Crippen LogP contribution in [0, 0.1) is 5.41 Å². The molecule has 1 aliphatic rings. The summed E-state index contributed by atoms with van der Waals surface area (Å²) >= 11 is 0. The van der Waals surface area contributed by atoms with Crippen molar-refractivity contribution in [3.63, 3.8) is 0 Å². The molecular weight excluding hydrogens is 266 g/mol. The predicted octanol–water partition coefficient (Wildman–Crippen LogP) is 2.89. The van der Waals surface area contributed by atoms with Gasteiger partial charge >= 0.3 is 5.97 Å². The second kappa shape index (κ2) is 6.29. The Morgan fingerprint density at radius 1 is 1.24 bits per heavy atom. The van der Waals surface area contributed by atoms with Gasteiger partial charge in [0.05, 0.1) is 0 Å². The minimum Gasteiger partial charge on any atom is -0.480 e. The topological polar surface area (TPSA) is 57.6 Å². The van der Waals surface area contributed by atoms with Gasteiger partial charge < -0.3 is 10.0 Å². The number of carboxylic acid groups (broad SMARTS) is 1. The molecule has 0 bridgehead atoms. The van der Waals surface area contributed by atoms with E-state index in [4.69, 9.17) is 0 Å². The molecule has 1 aliphatic carbocycles. The number of hydrogen-bond acceptors (Lipinski definition) is 2. The first kappa shape index (κ1) is 15.5. The number of carbonyl (C=O) groups excluding carboxylic acids is 1. The van der Waals surface area contributed by atoms with Crippen LogP contribution in [-0.2, 0) is 9.59 Å². The van der Waals surface area contributed by atoms with E-state index in [2.05, 4.69) is 19.1 Å². The molecule has 1 aromatic rings. The zero-order valence-electron chi connectivity index (χ0n) is 12.7. The molecule has 2 rings (SSSR count). The van der Waals surface area contributed by atoms with Crippen molar-refractivity contribution >= 4 is 11.9 Å². The fraction of sp³-hybridized carbons (Fsp3) is 0.529. The molecule has 4 nitrogen and oxygen atoms in total. The summed E-state index contributed by atoms with van der Waals surface area (Å²) in [5.41, 5.74) is 0.0665. The number of amides is 1. The maximum absolute atomic E-state index is 12.5. The van der Waals surface area contributed by atoms with Gasteiger partial charge in [0.2, 0.25) is 5.91 Å².